The topological polar surface area (TPSA) is 63.1 Å². The molecule has 4 heteroatoms. The molecule has 1 aromatic heterocycles. The highest BCUT2D eigenvalue weighted by Crippen LogP contribution is 2.12. The largest absolute Gasteiger partial charge is 0.508 e. The highest BCUT2D eigenvalue weighted by Gasteiger charge is 2.03. The smallest absolute Gasteiger partial charge is 0.252 e. The first kappa shape index (κ1) is 5.22. The third kappa shape index (κ3) is 0.621. The molecular weight excluding hydrogens is 130 g/mol. The summed E-state index contributed by atoms with van der Waals surface area (Å²) in [6.45, 7) is 0. The lowest BCUT2D eigenvalue weighted by Crippen LogP contribution is -2.00. The van der Waals surface area contributed by atoms with Crippen LogP contribution in [0.3, 0.4) is 0 Å². The number of nitrogens with zero attached hydrogens (tertiary/aromatic N) is 1. The van der Waals surface area contributed by atoms with Crippen molar-refractivity contribution in [3.05, 3.63) is 18.2 Å². The standard InChI is InChI=1S/C6H5N3O/c10-4-1-2-5-6(3-4)8-9-7-5/h1-3,10H,(H,7,8,9)/p+1. The van der Waals surface area contributed by atoms with Gasteiger partial charge in [0.1, 0.15) is 5.75 Å². The number of rotatable bonds is 0. The lowest BCUT2D eigenvalue weighted by Gasteiger charge is -1.82. The van der Waals surface area contributed by atoms with E-state index < -0.39 is 0 Å². The number of phenols is 1. The maximum atomic E-state index is 8.98. The summed E-state index contributed by atoms with van der Waals surface area (Å²) >= 11 is 0. The first-order valence-corrected chi connectivity index (χ1v) is 2.91. The quantitative estimate of drug-likeness (QED) is 0.538. The summed E-state index contributed by atoms with van der Waals surface area (Å²) in [6.07, 6.45) is 0. The second kappa shape index (κ2) is 1.70. The Hall–Kier alpha value is -1.58. The van der Waals surface area contributed by atoms with Crippen molar-refractivity contribution in [3.8, 4) is 5.75 Å². The van der Waals surface area contributed by atoms with Gasteiger partial charge in [-0.1, -0.05) is 5.21 Å². The van der Waals surface area contributed by atoms with Crippen LogP contribution in [0.4, 0.5) is 0 Å². The molecule has 0 saturated carbocycles. The van der Waals surface area contributed by atoms with Crippen LogP contribution in [0.25, 0.3) is 11.0 Å². The van der Waals surface area contributed by atoms with Crippen molar-refractivity contribution in [1.29, 1.82) is 0 Å². The number of fused-ring (bicyclic) bond motifs is 1. The zero-order chi connectivity index (χ0) is 6.97. The third-order valence-corrected chi connectivity index (χ3v) is 1.35. The Morgan fingerprint density at radius 2 is 2.40 bits per heavy atom. The van der Waals surface area contributed by atoms with Gasteiger partial charge in [-0.15, -0.1) is 0 Å². The molecule has 1 aromatic carbocycles. The van der Waals surface area contributed by atoms with Crippen molar-refractivity contribution >= 4 is 11.0 Å². The summed E-state index contributed by atoms with van der Waals surface area (Å²) in [7, 11) is 0. The molecule has 2 aromatic rings. The molecule has 0 aliphatic heterocycles. The summed E-state index contributed by atoms with van der Waals surface area (Å²) in [4.78, 5) is 0. The van der Waals surface area contributed by atoms with Crippen LogP contribution in [0.1, 0.15) is 0 Å². The van der Waals surface area contributed by atoms with E-state index in [1.807, 2.05) is 0 Å². The molecule has 0 aliphatic carbocycles. The van der Waals surface area contributed by atoms with Gasteiger partial charge in [-0.3, -0.25) is 0 Å². The van der Waals surface area contributed by atoms with E-state index >= 15 is 0 Å². The molecule has 0 aliphatic rings. The average molecular weight is 136 g/mol. The number of hydrogen-bond donors (Lipinski definition) is 2. The molecule has 0 fully saturated rings. The van der Waals surface area contributed by atoms with Gasteiger partial charge in [0, 0.05) is 11.2 Å². The van der Waals surface area contributed by atoms with Crippen molar-refractivity contribution in [1.82, 2.24) is 10.3 Å². The van der Waals surface area contributed by atoms with Gasteiger partial charge in [0.2, 0.25) is 0 Å². The summed E-state index contributed by atoms with van der Waals surface area (Å²) in [5.74, 6) is 0.230. The van der Waals surface area contributed by atoms with Gasteiger partial charge in [-0.05, 0) is 12.1 Å². The fourth-order valence-corrected chi connectivity index (χ4v) is 0.867. The molecule has 50 valence electrons. The van der Waals surface area contributed by atoms with Gasteiger partial charge in [0.15, 0.2) is 5.52 Å². The molecule has 10 heavy (non-hydrogen) atoms. The van der Waals surface area contributed by atoms with E-state index in [-0.39, 0.29) is 5.75 Å². The highest BCUT2D eigenvalue weighted by atomic mass is 16.3. The van der Waals surface area contributed by atoms with Crippen LogP contribution in [0.2, 0.25) is 0 Å². The monoisotopic (exact) mass is 136 g/mol. The van der Waals surface area contributed by atoms with Crippen LogP contribution in [-0.2, 0) is 0 Å². The van der Waals surface area contributed by atoms with Gasteiger partial charge in [0.05, 0.1) is 0 Å². The molecule has 0 unspecified atom stereocenters. The number of benzene rings is 1. The fraction of sp³-hybridized carbons (Fsp3) is 0. The minimum atomic E-state index is 0.230. The first-order valence-electron chi connectivity index (χ1n) is 2.91. The number of nitrogens with one attached hydrogen (secondary N) is 2. The molecule has 0 spiro atoms. The third-order valence-electron chi connectivity index (χ3n) is 1.35. The normalized spacial score (nSPS) is 10.4. The molecule has 0 amide bonds. The summed E-state index contributed by atoms with van der Waals surface area (Å²) in [5, 5.41) is 18.2. The Balaban J connectivity index is 2.86. The van der Waals surface area contributed by atoms with Crippen LogP contribution in [0, 0.1) is 0 Å². The number of H-pyrrole nitrogens is 2. The van der Waals surface area contributed by atoms with E-state index in [1.165, 1.54) is 0 Å². The highest BCUT2D eigenvalue weighted by molar-refractivity contribution is 5.71. The second-order valence-electron chi connectivity index (χ2n) is 2.05. The Morgan fingerprint density at radius 3 is 3.30 bits per heavy atom. The Labute approximate surface area is 56.5 Å². The van der Waals surface area contributed by atoms with Crippen molar-refractivity contribution in [2.24, 2.45) is 0 Å². The van der Waals surface area contributed by atoms with Crippen molar-refractivity contribution < 1.29 is 10.2 Å². The zero-order valence-electron chi connectivity index (χ0n) is 5.13. The van der Waals surface area contributed by atoms with Gasteiger partial charge in [-0.2, -0.15) is 5.10 Å². The number of phenolic OH excluding ortho intramolecular Hbond substituents is 1. The lowest BCUT2D eigenvalue weighted by molar-refractivity contribution is -0.427. The van der Waals surface area contributed by atoms with Gasteiger partial charge in [-0.25, -0.2) is 0 Å². The van der Waals surface area contributed by atoms with E-state index in [1.54, 1.807) is 18.2 Å². The molecule has 4 nitrogen and oxygen atoms in total. The average Bonchev–Trinajstić information content (AvgIpc) is 2.33. The summed E-state index contributed by atoms with van der Waals surface area (Å²) in [5.41, 5.74) is 1.62. The SMILES string of the molecule is Oc1ccc2[nH+][nH]nc2c1. The predicted octanol–water partition coefficient (Wildman–Crippen LogP) is 0.0826. The molecule has 0 bridgehead atoms. The maximum Gasteiger partial charge on any atom is 0.252 e. The van der Waals surface area contributed by atoms with Crippen LogP contribution in [-0.4, -0.2) is 15.4 Å². The van der Waals surface area contributed by atoms with Crippen LogP contribution < -0.4 is 5.10 Å². The van der Waals surface area contributed by atoms with Gasteiger partial charge < -0.3 is 5.11 Å². The van der Waals surface area contributed by atoms with Gasteiger partial charge in [0.25, 0.3) is 5.52 Å². The lowest BCUT2D eigenvalue weighted by atomic mass is 10.3. The molecule has 0 radical (unpaired) electrons. The van der Waals surface area contributed by atoms with E-state index in [0.717, 1.165) is 11.0 Å². The van der Waals surface area contributed by atoms with Crippen molar-refractivity contribution in [3.63, 3.8) is 0 Å². The van der Waals surface area contributed by atoms with Crippen LogP contribution >= 0.6 is 0 Å². The number of hydrogen-bond acceptors (Lipinski definition) is 2. The van der Waals surface area contributed by atoms with E-state index in [2.05, 4.69) is 15.4 Å². The minimum absolute atomic E-state index is 0.230. The molecular formula is C6H6N3O+. The molecule has 3 N–H and O–H groups in total. The minimum Gasteiger partial charge on any atom is -0.508 e. The van der Waals surface area contributed by atoms with Gasteiger partial charge >= 0.3 is 0 Å². The van der Waals surface area contributed by atoms with Crippen LogP contribution in [0.5, 0.6) is 5.75 Å². The number of aromatic hydroxyl groups is 1. The summed E-state index contributed by atoms with van der Waals surface area (Å²) in [6, 6.07) is 4.95. The Kier molecular flexibility index (Phi) is 0.887. The molecule has 1 heterocycles. The molecule has 0 atom stereocenters. The van der Waals surface area contributed by atoms with E-state index in [4.69, 9.17) is 5.11 Å². The number of aromatic nitrogens is 3. The van der Waals surface area contributed by atoms with E-state index in [0.29, 0.717) is 0 Å². The van der Waals surface area contributed by atoms with E-state index in [9.17, 15) is 0 Å². The fourth-order valence-electron chi connectivity index (χ4n) is 0.867. The van der Waals surface area contributed by atoms with Crippen molar-refractivity contribution in [2.45, 2.75) is 0 Å². The Morgan fingerprint density at radius 1 is 1.50 bits per heavy atom. The zero-order valence-corrected chi connectivity index (χ0v) is 5.13. The Bertz CT molecular complexity index is 355. The van der Waals surface area contributed by atoms with Crippen LogP contribution in [0.15, 0.2) is 18.2 Å². The molecule has 0 saturated heterocycles. The maximum absolute atomic E-state index is 8.98. The first-order chi connectivity index (χ1) is 4.86. The summed E-state index contributed by atoms with van der Waals surface area (Å²) < 4.78 is 0. The second-order valence-corrected chi connectivity index (χ2v) is 2.05. The predicted molar refractivity (Wildman–Crippen MR) is 34.3 cm³/mol. The number of aromatic amines is 2. The molecule has 2 rings (SSSR count). The van der Waals surface area contributed by atoms with Crippen molar-refractivity contribution in [2.75, 3.05) is 0 Å².